The van der Waals surface area contributed by atoms with Crippen molar-refractivity contribution in [2.24, 2.45) is 0 Å². The van der Waals surface area contributed by atoms with Crippen molar-refractivity contribution in [2.75, 3.05) is 26.6 Å². The Hall–Kier alpha value is -2.51. The molecule has 4 rings (SSSR count). The van der Waals surface area contributed by atoms with Gasteiger partial charge in [0, 0.05) is 17.9 Å². The van der Waals surface area contributed by atoms with E-state index in [1.54, 1.807) is 26.0 Å². The van der Waals surface area contributed by atoms with Crippen molar-refractivity contribution in [3.8, 4) is 22.9 Å². The highest BCUT2D eigenvalue weighted by molar-refractivity contribution is 7.99. The van der Waals surface area contributed by atoms with Gasteiger partial charge in [-0.2, -0.15) is 0 Å². The van der Waals surface area contributed by atoms with Crippen LogP contribution in [0.1, 0.15) is 18.4 Å². The SMILES string of the molecule is COc1ccc(CCSc2nnc(-c3ccc(OC)cc3)n2CC2CCCO2)cc1. The number of hydrogen-bond acceptors (Lipinski definition) is 6. The molecule has 2 heterocycles. The first-order valence-corrected chi connectivity index (χ1v) is 11.2. The van der Waals surface area contributed by atoms with Gasteiger partial charge in [-0.3, -0.25) is 4.57 Å². The molecule has 0 N–H and O–H groups in total. The zero-order valence-electron chi connectivity index (χ0n) is 17.4. The second kappa shape index (κ2) is 10.00. The molecule has 0 radical (unpaired) electrons. The van der Waals surface area contributed by atoms with E-state index in [0.29, 0.717) is 0 Å². The normalized spacial score (nSPS) is 16.0. The van der Waals surface area contributed by atoms with Gasteiger partial charge in [-0.05, 0) is 61.2 Å². The van der Waals surface area contributed by atoms with Crippen LogP contribution in [0.2, 0.25) is 0 Å². The molecule has 1 atom stereocenters. The Bertz CT molecular complexity index is 935. The highest BCUT2D eigenvalue weighted by Crippen LogP contribution is 2.28. The third-order valence-corrected chi connectivity index (χ3v) is 6.22. The van der Waals surface area contributed by atoms with Crippen molar-refractivity contribution >= 4 is 11.8 Å². The van der Waals surface area contributed by atoms with E-state index in [1.165, 1.54) is 5.56 Å². The van der Waals surface area contributed by atoms with E-state index in [-0.39, 0.29) is 6.10 Å². The van der Waals surface area contributed by atoms with Crippen LogP contribution in [0.3, 0.4) is 0 Å². The van der Waals surface area contributed by atoms with Crippen LogP contribution in [-0.4, -0.2) is 47.4 Å². The van der Waals surface area contributed by atoms with Gasteiger partial charge in [0.15, 0.2) is 11.0 Å². The van der Waals surface area contributed by atoms with Gasteiger partial charge >= 0.3 is 0 Å². The summed E-state index contributed by atoms with van der Waals surface area (Å²) in [7, 11) is 3.36. The van der Waals surface area contributed by atoms with Crippen LogP contribution in [0, 0.1) is 0 Å². The first-order chi connectivity index (χ1) is 14.8. The van der Waals surface area contributed by atoms with Crippen molar-refractivity contribution in [1.82, 2.24) is 14.8 Å². The third-order valence-electron chi connectivity index (χ3n) is 5.26. The summed E-state index contributed by atoms with van der Waals surface area (Å²) >= 11 is 1.74. The Balaban J connectivity index is 1.49. The number of methoxy groups -OCH3 is 2. The molecular formula is C23H27N3O3S. The summed E-state index contributed by atoms with van der Waals surface area (Å²) in [5.74, 6) is 3.52. The molecule has 0 bridgehead atoms. The second-order valence-electron chi connectivity index (χ2n) is 7.23. The monoisotopic (exact) mass is 425 g/mol. The molecule has 0 aliphatic carbocycles. The number of nitrogens with zero attached hydrogens (tertiary/aromatic N) is 3. The minimum atomic E-state index is 0.221. The van der Waals surface area contributed by atoms with E-state index in [2.05, 4.69) is 26.9 Å². The van der Waals surface area contributed by atoms with Gasteiger partial charge in [-0.1, -0.05) is 23.9 Å². The number of benzene rings is 2. The van der Waals surface area contributed by atoms with Crippen molar-refractivity contribution in [1.29, 1.82) is 0 Å². The molecule has 1 aliphatic heterocycles. The second-order valence-corrected chi connectivity index (χ2v) is 8.29. The van der Waals surface area contributed by atoms with Crippen LogP contribution in [0.4, 0.5) is 0 Å². The first-order valence-electron chi connectivity index (χ1n) is 10.2. The molecule has 1 saturated heterocycles. The molecular weight excluding hydrogens is 398 g/mol. The Morgan fingerprint density at radius 3 is 2.33 bits per heavy atom. The molecule has 1 fully saturated rings. The fourth-order valence-corrected chi connectivity index (χ4v) is 4.49. The van der Waals surface area contributed by atoms with Crippen molar-refractivity contribution in [2.45, 2.75) is 37.1 Å². The molecule has 0 saturated carbocycles. The van der Waals surface area contributed by atoms with Crippen LogP contribution in [0.15, 0.2) is 53.7 Å². The van der Waals surface area contributed by atoms with Crippen molar-refractivity contribution in [3.63, 3.8) is 0 Å². The summed E-state index contributed by atoms with van der Waals surface area (Å²) in [5, 5.41) is 9.95. The zero-order valence-corrected chi connectivity index (χ0v) is 18.2. The van der Waals surface area contributed by atoms with E-state index in [4.69, 9.17) is 14.2 Å². The largest absolute Gasteiger partial charge is 0.497 e. The van der Waals surface area contributed by atoms with E-state index in [9.17, 15) is 0 Å². The van der Waals surface area contributed by atoms with E-state index >= 15 is 0 Å². The molecule has 0 spiro atoms. The van der Waals surface area contributed by atoms with Crippen LogP contribution < -0.4 is 9.47 Å². The van der Waals surface area contributed by atoms with Gasteiger partial charge in [0.25, 0.3) is 0 Å². The molecule has 3 aromatic rings. The van der Waals surface area contributed by atoms with Crippen LogP contribution >= 0.6 is 11.8 Å². The maximum absolute atomic E-state index is 5.89. The van der Waals surface area contributed by atoms with Crippen molar-refractivity contribution in [3.05, 3.63) is 54.1 Å². The smallest absolute Gasteiger partial charge is 0.191 e. The Labute approximate surface area is 181 Å². The van der Waals surface area contributed by atoms with Gasteiger partial charge < -0.3 is 14.2 Å². The predicted molar refractivity (Wildman–Crippen MR) is 118 cm³/mol. The summed E-state index contributed by atoms with van der Waals surface area (Å²) in [6.07, 6.45) is 3.37. The van der Waals surface area contributed by atoms with Crippen molar-refractivity contribution < 1.29 is 14.2 Å². The number of ether oxygens (including phenoxy) is 3. The number of aryl methyl sites for hydroxylation is 1. The average molecular weight is 426 g/mol. The number of aromatic nitrogens is 3. The molecule has 1 aromatic heterocycles. The van der Waals surface area contributed by atoms with Gasteiger partial charge in [0.05, 0.1) is 26.9 Å². The van der Waals surface area contributed by atoms with Gasteiger partial charge in [-0.25, -0.2) is 0 Å². The number of thioether (sulfide) groups is 1. The predicted octanol–water partition coefficient (Wildman–Crippen LogP) is 4.48. The minimum Gasteiger partial charge on any atom is -0.497 e. The minimum absolute atomic E-state index is 0.221. The van der Waals surface area contributed by atoms with Gasteiger partial charge in [-0.15, -0.1) is 10.2 Å². The summed E-state index contributed by atoms with van der Waals surface area (Å²) in [6, 6.07) is 16.2. The van der Waals surface area contributed by atoms with Crippen LogP contribution in [0.5, 0.6) is 11.5 Å². The number of hydrogen-bond donors (Lipinski definition) is 0. The molecule has 0 amide bonds. The average Bonchev–Trinajstić information content (AvgIpc) is 3.45. The molecule has 7 heteroatoms. The van der Waals surface area contributed by atoms with E-state index in [0.717, 1.165) is 66.2 Å². The Morgan fingerprint density at radius 2 is 1.70 bits per heavy atom. The third kappa shape index (κ3) is 4.96. The van der Waals surface area contributed by atoms with E-state index < -0.39 is 0 Å². The molecule has 2 aromatic carbocycles. The van der Waals surface area contributed by atoms with E-state index in [1.807, 2.05) is 36.4 Å². The lowest BCUT2D eigenvalue weighted by molar-refractivity contribution is 0.0953. The Kier molecular flexibility index (Phi) is 6.92. The van der Waals surface area contributed by atoms with Crippen LogP contribution in [0.25, 0.3) is 11.4 Å². The fourth-order valence-electron chi connectivity index (χ4n) is 3.56. The lowest BCUT2D eigenvalue weighted by Gasteiger charge is -2.15. The van der Waals surface area contributed by atoms with Gasteiger partial charge in [0.1, 0.15) is 11.5 Å². The lowest BCUT2D eigenvalue weighted by Crippen LogP contribution is -2.16. The van der Waals surface area contributed by atoms with Gasteiger partial charge in [0.2, 0.25) is 0 Å². The van der Waals surface area contributed by atoms with Crippen LogP contribution in [-0.2, 0) is 17.7 Å². The topological polar surface area (TPSA) is 58.4 Å². The fraction of sp³-hybridized carbons (Fsp3) is 0.391. The molecule has 158 valence electrons. The number of rotatable bonds is 9. The summed E-state index contributed by atoms with van der Waals surface area (Å²) in [4.78, 5) is 0. The highest BCUT2D eigenvalue weighted by atomic mass is 32.2. The maximum Gasteiger partial charge on any atom is 0.191 e. The first kappa shape index (κ1) is 20.8. The summed E-state index contributed by atoms with van der Waals surface area (Å²) in [5.41, 5.74) is 2.31. The molecule has 30 heavy (non-hydrogen) atoms. The Morgan fingerprint density at radius 1 is 1.00 bits per heavy atom. The highest BCUT2D eigenvalue weighted by Gasteiger charge is 2.21. The zero-order chi connectivity index (χ0) is 20.8. The summed E-state index contributed by atoms with van der Waals surface area (Å²) in [6.45, 7) is 1.61. The lowest BCUT2D eigenvalue weighted by atomic mass is 10.2. The standard InChI is InChI=1S/C23H27N3O3S/c1-27-19-9-5-17(6-10-19)13-15-30-23-25-24-22(18-7-11-20(28-2)12-8-18)26(23)16-21-4-3-14-29-21/h5-12,21H,3-4,13-16H2,1-2H3. The molecule has 1 unspecified atom stereocenters. The molecule has 6 nitrogen and oxygen atoms in total. The summed E-state index contributed by atoms with van der Waals surface area (Å²) < 4.78 is 18.6. The maximum atomic E-state index is 5.89. The molecule has 1 aliphatic rings. The quantitative estimate of drug-likeness (QED) is 0.471.